The summed E-state index contributed by atoms with van der Waals surface area (Å²) in [7, 11) is 0. The molecule has 1 saturated heterocycles. The van der Waals surface area contributed by atoms with Gasteiger partial charge in [-0.1, -0.05) is 37.8 Å². The predicted octanol–water partition coefficient (Wildman–Crippen LogP) is 4.84. The van der Waals surface area contributed by atoms with Crippen molar-refractivity contribution in [3.8, 4) is 0 Å². The molecule has 2 amide bonds. The van der Waals surface area contributed by atoms with Crippen molar-refractivity contribution >= 4 is 11.8 Å². The normalized spacial score (nSPS) is 22.2. The van der Waals surface area contributed by atoms with E-state index in [-0.39, 0.29) is 23.4 Å². The van der Waals surface area contributed by atoms with Gasteiger partial charge in [0.05, 0.1) is 12.6 Å². The van der Waals surface area contributed by atoms with Crippen LogP contribution >= 0.6 is 0 Å². The Morgan fingerprint density at radius 1 is 1.30 bits per heavy atom. The van der Waals surface area contributed by atoms with Gasteiger partial charge in [0.15, 0.2) is 0 Å². The maximum Gasteiger partial charge on any atom is 0.251 e. The van der Waals surface area contributed by atoms with E-state index in [1.807, 2.05) is 44.2 Å². The largest absolute Gasteiger partial charge is 0.366 e. The minimum Gasteiger partial charge on any atom is -0.366 e. The van der Waals surface area contributed by atoms with E-state index in [0.717, 1.165) is 41.5 Å². The predicted molar refractivity (Wildman–Crippen MR) is 127 cm³/mol. The third kappa shape index (κ3) is 4.65. The van der Waals surface area contributed by atoms with Crippen LogP contribution in [0.25, 0.3) is 0 Å². The lowest BCUT2D eigenvalue weighted by atomic mass is 9.91. The molecule has 1 heterocycles. The topological polar surface area (TPSA) is 61.4 Å². The summed E-state index contributed by atoms with van der Waals surface area (Å²) < 4.78 is 13.1. The number of amides is 2. The second-order valence-electron chi connectivity index (χ2n) is 9.52. The van der Waals surface area contributed by atoms with Gasteiger partial charge in [-0.15, -0.1) is 0 Å². The van der Waals surface area contributed by atoms with Crippen molar-refractivity contribution in [3.63, 3.8) is 0 Å². The zero-order chi connectivity index (χ0) is 23.8. The third-order valence-electron chi connectivity index (χ3n) is 7.08. The van der Waals surface area contributed by atoms with Gasteiger partial charge < -0.3 is 10.6 Å². The Labute approximate surface area is 195 Å². The van der Waals surface area contributed by atoms with E-state index in [2.05, 4.69) is 24.1 Å². The Hall–Kier alpha value is -3.15. The number of rotatable bonds is 6. The monoisotopic (exact) mass is 449 g/mol. The van der Waals surface area contributed by atoms with E-state index in [1.54, 1.807) is 11.0 Å². The van der Waals surface area contributed by atoms with Crippen molar-refractivity contribution in [2.75, 3.05) is 0 Å². The molecule has 5 nitrogen and oxygen atoms in total. The van der Waals surface area contributed by atoms with Crippen molar-refractivity contribution in [1.82, 2.24) is 15.5 Å². The number of hydrogen-bond acceptors (Lipinski definition) is 3. The van der Waals surface area contributed by atoms with Crippen LogP contribution in [0.5, 0.6) is 0 Å². The molecule has 2 unspecified atom stereocenters. The first-order valence-corrected chi connectivity index (χ1v) is 11.6. The first-order valence-electron chi connectivity index (χ1n) is 11.6. The third-order valence-corrected chi connectivity index (χ3v) is 7.08. The summed E-state index contributed by atoms with van der Waals surface area (Å²) in [6.45, 7) is 9.97. The molecular formula is C27H32FN3O2. The summed E-state index contributed by atoms with van der Waals surface area (Å²) in [5, 5.41) is 6.49. The van der Waals surface area contributed by atoms with Crippen LogP contribution in [-0.2, 0) is 24.4 Å². The molecule has 2 aromatic rings. The van der Waals surface area contributed by atoms with Gasteiger partial charge in [0.25, 0.3) is 5.91 Å². The van der Waals surface area contributed by atoms with Crippen LogP contribution in [0.4, 0.5) is 4.39 Å². The molecule has 1 fully saturated rings. The van der Waals surface area contributed by atoms with Gasteiger partial charge in [-0.2, -0.15) is 0 Å². The second-order valence-corrected chi connectivity index (χ2v) is 9.52. The highest BCUT2D eigenvalue weighted by atomic mass is 19.1. The number of aryl methyl sites for hydroxylation is 2. The lowest BCUT2D eigenvalue weighted by Gasteiger charge is -2.41. The van der Waals surface area contributed by atoms with Crippen molar-refractivity contribution in [2.24, 2.45) is 0 Å². The summed E-state index contributed by atoms with van der Waals surface area (Å²) >= 11 is 0. The van der Waals surface area contributed by atoms with Gasteiger partial charge in [-0.05, 0) is 73.1 Å². The highest BCUT2D eigenvalue weighted by Crippen LogP contribution is 2.32. The van der Waals surface area contributed by atoms with Crippen molar-refractivity contribution in [1.29, 1.82) is 0 Å². The summed E-state index contributed by atoms with van der Waals surface area (Å²) in [6.07, 6.45) is 2.91. The molecule has 0 bridgehead atoms. The quantitative estimate of drug-likeness (QED) is 0.663. The first-order chi connectivity index (χ1) is 15.7. The number of benzene rings is 2. The average Bonchev–Trinajstić information content (AvgIpc) is 3.19. The zero-order valence-electron chi connectivity index (χ0n) is 19.6. The fourth-order valence-electron chi connectivity index (χ4n) is 4.72. The molecule has 2 N–H and O–H groups in total. The average molecular weight is 450 g/mol. The SMILES string of the molecule is C=C1NC(C)(CC)CC(=O)N1Cc1cc(C(=O)NC2CCc3ccc(CF)cc32)ccc1C. The van der Waals surface area contributed by atoms with E-state index in [1.165, 1.54) is 0 Å². The number of nitrogens with one attached hydrogen (secondary N) is 2. The number of nitrogens with zero attached hydrogens (tertiary/aromatic N) is 1. The summed E-state index contributed by atoms with van der Waals surface area (Å²) in [6, 6.07) is 11.1. The Morgan fingerprint density at radius 2 is 2.09 bits per heavy atom. The van der Waals surface area contributed by atoms with E-state index < -0.39 is 6.67 Å². The van der Waals surface area contributed by atoms with Crippen LogP contribution in [0.2, 0.25) is 0 Å². The van der Waals surface area contributed by atoms with Crippen molar-refractivity contribution in [2.45, 2.75) is 71.3 Å². The number of fused-ring (bicyclic) bond motifs is 1. The van der Waals surface area contributed by atoms with Crippen LogP contribution in [0, 0.1) is 6.92 Å². The molecule has 2 aromatic carbocycles. The molecule has 0 aromatic heterocycles. The van der Waals surface area contributed by atoms with E-state index in [4.69, 9.17) is 0 Å². The molecule has 1 aliphatic heterocycles. The lowest BCUT2D eigenvalue weighted by molar-refractivity contribution is -0.134. The smallest absolute Gasteiger partial charge is 0.251 e. The maximum atomic E-state index is 13.1. The summed E-state index contributed by atoms with van der Waals surface area (Å²) in [5.41, 5.74) is 4.99. The summed E-state index contributed by atoms with van der Waals surface area (Å²) in [4.78, 5) is 27.6. The van der Waals surface area contributed by atoms with Crippen LogP contribution in [-0.4, -0.2) is 22.3 Å². The summed E-state index contributed by atoms with van der Waals surface area (Å²) in [5.74, 6) is 0.458. The van der Waals surface area contributed by atoms with Gasteiger partial charge in [0.1, 0.15) is 12.5 Å². The molecular weight excluding hydrogens is 417 g/mol. The number of halogens is 1. The number of hydrogen-bond donors (Lipinski definition) is 2. The zero-order valence-corrected chi connectivity index (χ0v) is 19.6. The molecule has 0 spiro atoms. The van der Waals surface area contributed by atoms with Crippen molar-refractivity contribution < 1.29 is 14.0 Å². The molecule has 1 aliphatic carbocycles. The Morgan fingerprint density at radius 3 is 2.79 bits per heavy atom. The van der Waals surface area contributed by atoms with Gasteiger partial charge >= 0.3 is 0 Å². The molecule has 2 aliphatic rings. The number of carbonyl (C=O) groups excluding carboxylic acids is 2. The first kappa shape index (κ1) is 23.0. The van der Waals surface area contributed by atoms with E-state index >= 15 is 0 Å². The van der Waals surface area contributed by atoms with Gasteiger partial charge in [0, 0.05) is 17.5 Å². The van der Waals surface area contributed by atoms with E-state index in [0.29, 0.717) is 29.9 Å². The molecule has 0 radical (unpaired) electrons. The highest BCUT2D eigenvalue weighted by Gasteiger charge is 2.35. The maximum absolute atomic E-state index is 13.1. The Bertz CT molecular complexity index is 1090. The van der Waals surface area contributed by atoms with Gasteiger partial charge in [0.2, 0.25) is 5.91 Å². The van der Waals surface area contributed by atoms with E-state index in [9.17, 15) is 14.0 Å². The number of alkyl halides is 1. The fraction of sp³-hybridized carbons (Fsp3) is 0.407. The van der Waals surface area contributed by atoms with Crippen LogP contribution < -0.4 is 10.6 Å². The van der Waals surface area contributed by atoms with Crippen molar-refractivity contribution in [3.05, 3.63) is 82.2 Å². The standard InChI is InChI=1S/C27H32FN3O2/c1-5-27(4)14-25(32)31(18(3)30-27)16-22-13-21(8-6-17(22)2)26(33)29-24-11-10-20-9-7-19(15-28)12-23(20)24/h6-9,12-13,24,30H,3,5,10-11,14-16H2,1-2,4H3,(H,29,33). The Balaban J connectivity index is 1.50. The molecule has 6 heteroatoms. The second kappa shape index (κ2) is 9.00. The molecule has 174 valence electrons. The fourth-order valence-corrected chi connectivity index (χ4v) is 4.72. The van der Waals surface area contributed by atoms with Gasteiger partial charge in [-0.25, -0.2) is 4.39 Å². The lowest BCUT2D eigenvalue weighted by Crippen LogP contribution is -2.55. The van der Waals surface area contributed by atoms with Crippen LogP contribution in [0.1, 0.15) is 77.3 Å². The van der Waals surface area contributed by atoms with Crippen LogP contribution in [0.3, 0.4) is 0 Å². The minimum atomic E-state index is -0.512. The van der Waals surface area contributed by atoms with Crippen LogP contribution in [0.15, 0.2) is 48.8 Å². The Kier molecular flexibility index (Phi) is 6.28. The highest BCUT2D eigenvalue weighted by molar-refractivity contribution is 5.95. The van der Waals surface area contributed by atoms with Gasteiger partial charge in [-0.3, -0.25) is 14.5 Å². The molecule has 33 heavy (non-hydrogen) atoms. The molecule has 2 atom stereocenters. The minimum absolute atomic E-state index is 0.0311. The number of carbonyl (C=O) groups is 2. The molecule has 4 rings (SSSR count). The molecule has 0 saturated carbocycles.